The van der Waals surface area contributed by atoms with E-state index in [9.17, 15) is 9.59 Å². The number of hydrogen-bond acceptors (Lipinski definition) is 7. The first kappa shape index (κ1) is 23.7. The lowest BCUT2D eigenvalue weighted by Crippen LogP contribution is -2.36. The number of likely N-dealkylation sites (tertiary alicyclic amines) is 2. The second kappa shape index (κ2) is 10.3. The molecule has 2 amide bonds. The predicted octanol–water partition coefficient (Wildman–Crippen LogP) is 4.05. The number of benzene rings is 2. The highest BCUT2D eigenvalue weighted by Crippen LogP contribution is 2.33. The Bertz CT molecular complexity index is 1250. The number of amides is 2. The van der Waals surface area contributed by atoms with Gasteiger partial charge in [-0.05, 0) is 36.1 Å². The molecule has 1 unspecified atom stereocenters. The molecular formula is C27H29N5O4. The molecule has 2 aliphatic heterocycles. The highest BCUT2D eigenvalue weighted by Gasteiger charge is 2.38. The van der Waals surface area contributed by atoms with Gasteiger partial charge in [-0.15, -0.1) is 0 Å². The van der Waals surface area contributed by atoms with Crippen LogP contribution in [0.4, 0.5) is 0 Å². The second-order valence-electron chi connectivity index (χ2n) is 9.21. The van der Waals surface area contributed by atoms with Crippen LogP contribution in [-0.4, -0.2) is 64.2 Å². The van der Waals surface area contributed by atoms with Gasteiger partial charge in [-0.2, -0.15) is 4.98 Å². The molecule has 1 atom stereocenters. The van der Waals surface area contributed by atoms with Crippen molar-refractivity contribution in [2.24, 2.45) is 5.16 Å². The number of aromatic nitrogens is 2. The average molecular weight is 488 g/mol. The van der Waals surface area contributed by atoms with Gasteiger partial charge in [-0.25, -0.2) is 0 Å². The zero-order valence-corrected chi connectivity index (χ0v) is 20.5. The first-order chi connectivity index (χ1) is 17.5. The number of carbonyl (C=O) groups is 2. The van der Waals surface area contributed by atoms with Crippen LogP contribution in [0.3, 0.4) is 0 Å². The molecule has 0 N–H and O–H groups in total. The molecule has 36 heavy (non-hydrogen) atoms. The maximum absolute atomic E-state index is 13.5. The van der Waals surface area contributed by atoms with Crippen LogP contribution in [0.1, 0.15) is 60.2 Å². The molecule has 0 radical (unpaired) electrons. The summed E-state index contributed by atoms with van der Waals surface area (Å²) < 4.78 is 5.63. The van der Waals surface area contributed by atoms with Crippen molar-refractivity contribution in [3.8, 4) is 11.1 Å². The van der Waals surface area contributed by atoms with E-state index in [0.717, 1.165) is 29.7 Å². The lowest BCUT2D eigenvalue weighted by atomic mass is 9.97. The van der Waals surface area contributed by atoms with Crippen molar-refractivity contribution in [2.75, 3.05) is 26.7 Å². The molecule has 0 bridgehead atoms. The molecule has 2 fully saturated rings. The summed E-state index contributed by atoms with van der Waals surface area (Å²) in [5.74, 6) is 1.09. The summed E-state index contributed by atoms with van der Waals surface area (Å²) in [7, 11) is 1.49. The molecule has 2 aromatic carbocycles. The van der Waals surface area contributed by atoms with Crippen molar-refractivity contribution in [2.45, 2.75) is 38.1 Å². The molecule has 1 aromatic heterocycles. The van der Waals surface area contributed by atoms with Crippen molar-refractivity contribution >= 4 is 17.5 Å². The van der Waals surface area contributed by atoms with Crippen LogP contribution in [0.2, 0.25) is 0 Å². The van der Waals surface area contributed by atoms with Crippen LogP contribution >= 0.6 is 0 Å². The average Bonchev–Trinajstić information content (AvgIpc) is 3.57. The highest BCUT2D eigenvalue weighted by molar-refractivity contribution is 6.00. The molecule has 0 spiro atoms. The molecular weight excluding hydrogens is 458 g/mol. The third-order valence-electron chi connectivity index (χ3n) is 6.92. The Morgan fingerprint density at radius 3 is 2.39 bits per heavy atom. The lowest BCUT2D eigenvalue weighted by molar-refractivity contribution is -0.129. The van der Waals surface area contributed by atoms with E-state index in [1.54, 1.807) is 11.8 Å². The fourth-order valence-electron chi connectivity index (χ4n) is 4.94. The van der Waals surface area contributed by atoms with E-state index >= 15 is 0 Å². The first-order valence-electron chi connectivity index (χ1n) is 12.2. The van der Waals surface area contributed by atoms with Crippen molar-refractivity contribution in [3.63, 3.8) is 0 Å². The number of piperidine rings is 1. The molecule has 2 saturated heterocycles. The van der Waals surface area contributed by atoms with Crippen molar-refractivity contribution in [3.05, 3.63) is 71.9 Å². The molecule has 5 rings (SSSR count). The quantitative estimate of drug-likeness (QED) is 0.503. The molecule has 2 aliphatic rings. The molecule has 9 nitrogen and oxygen atoms in total. The van der Waals surface area contributed by atoms with Crippen LogP contribution in [0.15, 0.2) is 64.3 Å². The van der Waals surface area contributed by atoms with Gasteiger partial charge >= 0.3 is 0 Å². The molecule has 3 aromatic rings. The number of oxime groups is 1. The van der Waals surface area contributed by atoms with E-state index in [2.05, 4.69) is 15.3 Å². The molecule has 9 heteroatoms. The Kier molecular flexibility index (Phi) is 6.79. The van der Waals surface area contributed by atoms with Gasteiger partial charge in [0.05, 0.1) is 12.3 Å². The highest BCUT2D eigenvalue weighted by atomic mass is 16.6. The fraction of sp³-hybridized carbons (Fsp3) is 0.370. The smallest absolute Gasteiger partial charge is 0.254 e. The first-order valence-corrected chi connectivity index (χ1v) is 12.2. The minimum absolute atomic E-state index is 0.0848. The zero-order chi connectivity index (χ0) is 25.1. The van der Waals surface area contributed by atoms with E-state index in [-0.39, 0.29) is 17.7 Å². The summed E-state index contributed by atoms with van der Waals surface area (Å²) in [5, 5.41) is 8.35. The fourth-order valence-corrected chi connectivity index (χ4v) is 4.94. The summed E-state index contributed by atoms with van der Waals surface area (Å²) in [6.07, 6.45) is 2.03. The maximum Gasteiger partial charge on any atom is 0.254 e. The van der Waals surface area contributed by atoms with Gasteiger partial charge in [0.1, 0.15) is 13.2 Å². The Balaban J connectivity index is 1.34. The largest absolute Gasteiger partial charge is 0.399 e. The molecule has 3 heterocycles. The summed E-state index contributed by atoms with van der Waals surface area (Å²) >= 11 is 0. The number of carbonyl (C=O) groups excluding carboxylic acids is 2. The van der Waals surface area contributed by atoms with Gasteiger partial charge in [0.15, 0.2) is 5.82 Å². The Morgan fingerprint density at radius 1 is 1.03 bits per heavy atom. The van der Waals surface area contributed by atoms with Crippen molar-refractivity contribution < 1.29 is 18.9 Å². The Labute approximate surface area is 209 Å². The lowest BCUT2D eigenvalue weighted by Gasteiger charge is -2.29. The summed E-state index contributed by atoms with van der Waals surface area (Å²) in [6.45, 7) is 3.27. The van der Waals surface area contributed by atoms with Crippen LogP contribution in [0.25, 0.3) is 11.1 Å². The van der Waals surface area contributed by atoms with Gasteiger partial charge in [0.25, 0.3) is 5.91 Å². The van der Waals surface area contributed by atoms with Crippen molar-refractivity contribution in [1.82, 2.24) is 19.9 Å². The second-order valence-corrected chi connectivity index (χ2v) is 9.21. The number of hydrogen-bond donors (Lipinski definition) is 0. The summed E-state index contributed by atoms with van der Waals surface area (Å²) in [4.78, 5) is 38.4. The topological polar surface area (TPSA) is 101 Å². The predicted molar refractivity (Wildman–Crippen MR) is 133 cm³/mol. The van der Waals surface area contributed by atoms with Gasteiger partial charge in [-0.1, -0.05) is 52.8 Å². The van der Waals surface area contributed by atoms with E-state index < -0.39 is 6.04 Å². The minimum Gasteiger partial charge on any atom is -0.399 e. The number of nitrogens with zero attached hydrogens (tertiary/aromatic N) is 5. The Hall–Kier alpha value is -4.01. The third kappa shape index (κ3) is 4.86. The maximum atomic E-state index is 13.5. The zero-order valence-electron chi connectivity index (χ0n) is 20.5. The molecule has 0 aliphatic carbocycles. The van der Waals surface area contributed by atoms with Crippen LogP contribution in [-0.2, 0) is 9.63 Å². The normalized spacial score (nSPS) is 19.6. The van der Waals surface area contributed by atoms with Gasteiger partial charge in [-0.3, -0.25) is 9.59 Å². The standard InChI is InChI=1S/C27H29N5O4/c1-18(33)31-14-12-21(13-15-31)26-28-25(30-36-26)24-16-23(29-35-2)17-32(24)27(34)22-10-8-20(9-11-22)19-6-4-3-5-7-19/h3-11,21,24H,12-17H2,1-2H3/b29-23+. The van der Waals surface area contributed by atoms with Crippen LogP contribution < -0.4 is 0 Å². The summed E-state index contributed by atoms with van der Waals surface area (Å²) in [6, 6.07) is 17.3. The summed E-state index contributed by atoms with van der Waals surface area (Å²) in [5.41, 5.74) is 3.47. The third-order valence-corrected chi connectivity index (χ3v) is 6.92. The van der Waals surface area contributed by atoms with Gasteiger partial charge < -0.3 is 19.2 Å². The van der Waals surface area contributed by atoms with E-state index in [4.69, 9.17) is 9.36 Å². The van der Waals surface area contributed by atoms with Crippen molar-refractivity contribution in [1.29, 1.82) is 0 Å². The number of rotatable bonds is 5. The van der Waals surface area contributed by atoms with E-state index in [1.807, 2.05) is 59.5 Å². The minimum atomic E-state index is -0.394. The van der Waals surface area contributed by atoms with Gasteiger partial charge in [0, 0.05) is 37.9 Å². The molecule has 186 valence electrons. The van der Waals surface area contributed by atoms with E-state index in [1.165, 1.54) is 7.11 Å². The monoisotopic (exact) mass is 487 g/mol. The molecule has 0 saturated carbocycles. The SMILES string of the molecule is CO/N=C1\CC(c2noc(C3CCN(C(C)=O)CC3)n2)N(C(=O)c2ccc(-c3ccccc3)cc2)C1. The van der Waals surface area contributed by atoms with E-state index in [0.29, 0.717) is 43.3 Å². The van der Waals surface area contributed by atoms with Crippen LogP contribution in [0, 0.1) is 0 Å². The van der Waals surface area contributed by atoms with Gasteiger partial charge in [0.2, 0.25) is 11.8 Å². The van der Waals surface area contributed by atoms with Crippen LogP contribution in [0.5, 0.6) is 0 Å². The Morgan fingerprint density at radius 2 is 1.72 bits per heavy atom.